The van der Waals surface area contributed by atoms with E-state index in [-0.39, 0.29) is 23.9 Å². The van der Waals surface area contributed by atoms with Crippen LogP contribution in [0.1, 0.15) is 21.6 Å². The van der Waals surface area contributed by atoms with Crippen LogP contribution < -0.4 is 10.6 Å². The second-order valence-electron chi connectivity index (χ2n) is 7.11. The van der Waals surface area contributed by atoms with E-state index in [2.05, 4.69) is 20.8 Å². The number of amides is 2. The number of carbonyl (C=O) groups is 2. The minimum atomic E-state index is -0.330. The number of hydrogen-bond acceptors (Lipinski definition) is 3. The van der Waals surface area contributed by atoms with E-state index in [0.29, 0.717) is 12.2 Å². The topological polar surface area (TPSA) is 86.9 Å². The number of H-pyrrole nitrogens is 1. The number of benzene rings is 3. The van der Waals surface area contributed by atoms with Gasteiger partial charge in [-0.25, -0.2) is 0 Å². The summed E-state index contributed by atoms with van der Waals surface area (Å²) in [5.74, 6) is -0.546. The molecule has 0 aliphatic rings. The predicted octanol–water partition coefficient (Wildman–Crippen LogP) is 4.19. The molecule has 0 bridgehead atoms. The highest BCUT2D eigenvalue weighted by atomic mass is 16.2. The molecule has 1 aromatic heterocycles. The number of hydrogen-bond donors (Lipinski definition) is 3. The predicted molar refractivity (Wildman–Crippen MR) is 120 cm³/mol. The monoisotopic (exact) mass is 410 g/mol. The Hall–Kier alpha value is -4.19. The van der Waals surface area contributed by atoms with Crippen LogP contribution >= 0.6 is 0 Å². The molecule has 0 saturated heterocycles. The largest absolute Gasteiger partial charge is 0.347 e. The quantitative estimate of drug-likeness (QED) is 0.427. The molecule has 0 aliphatic carbocycles. The molecule has 0 radical (unpaired) electrons. The molecule has 0 saturated carbocycles. The van der Waals surface area contributed by atoms with Crippen LogP contribution in [0.25, 0.3) is 11.1 Å². The minimum absolute atomic E-state index is 0.200. The molecule has 0 atom stereocenters. The normalized spacial score (nSPS) is 10.5. The number of rotatable bonds is 7. The van der Waals surface area contributed by atoms with Gasteiger partial charge in [0, 0.05) is 6.54 Å². The third-order valence-electron chi connectivity index (χ3n) is 4.86. The Morgan fingerprint density at radius 3 is 2.13 bits per heavy atom. The molecule has 1 heterocycles. The molecule has 2 amide bonds. The van der Waals surface area contributed by atoms with Gasteiger partial charge in [0.15, 0.2) is 0 Å². The van der Waals surface area contributed by atoms with Crippen molar-refractivity contribution in [3.05, 3.63) is 108 Å². The fourth-order valence-electron chi connectivity index (χ4n) is 3.25. The Balaban J connectivity index is 1.35. The number of nitrogens with zero attached hydrogens (tertiary/aromatic N) is 1. The zero-order chi connectivity index (χ0) is 21.5. The first kappa shape index (κ1) is 20.1. The van der Waals surface area contributed by atoms with Crippen molar-refractivity contribution < 1.29 is 9.59 Å². The van der Waals surface area contributed by atoms with Gasteiger partial charge in [0.25, 0.3) is 5.91 Å². The van der Waals surface area contributed by atoms with Crippen LogP contribution in [0.5, 0.6) is 0 Å². The third-order valence-corrected chi connectivity index (χ3v) is 4.86. The van der Waals surface area contributed by atoms with Crippen molar-refractivity contribution in [1.82, 2.24) is 15.5 Å². The zero-order valence-corrected chi connectivity index (χ0v) is 16.8. The van der Waals surface area contributed by atoms with Crippen LogP contribution in [0.4, 0.5) is 5.69 Å². The maximum absolute atomic E-state index is 12.5. The average molecular weight is 410 g/mol. The van der Waals surface area contributed by atoms with Gasteiger partial charge in [0.05, 0.1) is 18.3 Å². The molecule has 3 aromatic carbocycles. The first-order valence-corrected chi connectivity index (χ1v) is 9.99. The van der Waals surface area contributed by atoms with Gasteiger partial charge >= 0.3 is 0 Å². The molecular formula is C25H22N4O2. The molecule has 6 heteroatoms. The molecule has 0 spiro atoms. The van der Waals surface area contributed by atoms with Gasteiger partial charge in [-0.05, 0) is 22.3 Å². The second kappa shape index (κ2) is 9.54. The van der Waals surface area contributed by atoms with Gasteiger partial charge in [-0.2, -0.15) is 5.10 Å². The lowest BCUT2D eigenvalue weighted by Crippen LogP contribution is -2.25. The molecular weight excluding hydrogens is 388 g/mol. The minimum Gasteiger partial charge on any atom is -0.347 e. The van der Waals surface area contributed by atoms with E-state index in [1.54, 1.807) is 0 Å². The standard InChI is InChI=1S/C25H22N4O2/c30-23(15-18-11-13-21(14-12-18)20-9-5-2-6-10-20)28-22-17-27-29-24(22)25(31)26-16-19-7-3-1-4-8-19/h1-14,17H,15-16H2,(H,26,31)(H,27,29)(H,28,30). The van der Waals surface area contributed by atoms with Crippen molar-refractivity contribution >= 4 is 17.5 Å². The first-order valence-electron chi connectivity index (χ1n) is 9.99. The van der Waals surface area contributed by atoms with Crippen LogP contribution in [-0.2, 0) is 17.8 Å². The van der Waals surface area contributed by atoms with Crippen molar-refractivity contribution in [2.75, 3.05) is 5.32 Å². The van der Waals surface area contributed by atoms with Crippen molar-refractivity contribution in [3.8, 4) is 11.1 Å². The summed E-state index contributed by atoms with van der Waals surface area (Å²) in [6.07, 6.45) is 1.64. The third kappa shape index (κ3) is 5.25. The van der Waals surface area contributed by atoms with E-state index in [1.807, 2.05) is 84.9 Å². The van der Waals surface area contributed by atoms with Gasteiger partial charge in [0.1, 0.15) is 5.69 Å². The van der Waals surface area contributed by atoms with Gasteiger partial charge in [0.2, 0.25) is 5.91 Å². The van der Waals surface area contributed by atoms with Gasteiger partial charge in [-0.1, -0.05) is 84.9 Å². The highest BCUT2D eigenvalue weighted by Crippen LogP contribution is 2.20. The summed E-state index contributed by atoms with van der Waals surface area (Å²) in [6, 6.07) is 27.5. The van der Waals surface area contributed by atoms with Crippen LogP contribution in [0.15, 0.2) is 91.1 Å². The van der Waals surface area contributed by atoms with Crippen molar-refractivity contribution in [2.45, 2.75) is 13.0 Å². The summed E-state index contributed by atoms with van der Waals surface area (Å²) >= 11 is 0. The lowest BCUT2D eigenvalue weighted by Gasteiger charge is -2.08. The van der Waals surface area contributed by atoms with E-state index < -0.39 is 0 Å². The number of anilines is 1. The van der Waals surface area contributed by atoms with Crippen molar-refractivity contribution in [3.63, 3.8) is 0 Å². The summed E-state index contributed by atoms with van der Waals surface area (Å²) in [6.45, 7) is 0.389. The molecule has 0 aliphatic heterocycles. The summed E-state index contributed by atoms with van der Waals surface area (Å²) in [5.41, 5.74) is 4.68. The molecule has 154 valence electrons. The number of carbonyl (C=O) groups excluding carboxylic acids is 2. The average Bonchev–Trinajstić information content (AvgIpc) is 3.27. The van der Waals surface area contributed by atoms with E-state index in [9.17, 15) is 9.59 Å². The van der Waals surface area contributed by atoms with Crippen LogP contribution in [-0.4, -0.2) is 22.0 Å². The Kier molecular flexibility index (Phi) is 6.18. The van der Waals surface area contributed by atoms with Gasteiger partial charge in [-0.3, -0.25) is 14.7 Å². The lowest BCUT2D eigenvalue weighted by molar-refractivity contribution is -0.115. The molecule has 4 aromatic rings. The van der Waals surface area contributed by atoms with Crippen LogP contribution in [0.2, 0.25) is 0 Å². The molecule has 0 unspecified atom stereocenters. The molecule has 4 rings (SSSR count). The number of aromatic amines is 1. The number of nitrogens with one attached hydrogen (secondary N) is 3. The van der Waals surface area contributed by atoms with Gasteiger partial charge in [-0.15, -0.1) is 0 Å². The maximum atomic E-state index is 12.5. The fourth-order valence-corrected chi connectivity index (χ4v) is 3.25. The SMILES string of the molecule is O=C(Cc1ccc(-c2ccccc2)cc1)Nc1cn[nH]c1C(=O)NCc1ccccc1. The summed E-state index contributed by atoms with van der Waals surface area (Å²) in [7, 11) is 0. The highest BCUT2D eigenvalue weighted by molar-refractivity contribution is 6.02. The Morgan fingerprint density at radius 2 is 1.42 bits per heavy atom. The summed E-state index contributed by atoms with van der Waals surface area (Å²) in [4.78, 5) is 25.0. The lowest BCUT2D eigenvalue weighted by atomic mass is 10.0. The van der Waals surface area contributed by atoms with E-state index in [0.717, 1.165) is 22.3 Å². The second-order valence-corrected chi connectivity index (χ2v) is 7.11. The fraction of sp³-hybridized carbons (Fsp3) is 0.0800. The van der Waals surface area contributed by atoms with Crippen LogP contribution in [0.3, 0.4) is 0 Å². The van der Waals surface area contributed by atoms with E-state index >= 15 is 0 Å². The molecule has 31 heavy (non-hydrogen) atoms. The van der Waals surface area contributed by atoms with Crippen molar-refractivity contribution in [2.24, 2.45) is 0 Å². The molecule has 3 N–H and O–H groups in total. The Bertz CT molecular complexity index is 1150. The maximum Gasteiger partial charge on any atom is 0.271 e. The van der Waals surface area contributed by atoms with Crippen molar-refractivity contribution in [1.29, 1.82) is 0 Å². The molecule has 6 nitrogen and oxygen atoms in total. The first-order chi connectivity index (χ1) is 15.2. The Labute approximate surface area is 180 Å². The number of aromatic nitrogens is 2. The summed E-state index contributed by atoms with van der Waals surface area (Å²) < 4.78 is 0. The van der Waals surface area contributed by atoms with E-state index in [4.69, 9.17) is 0 Å². The summed E-state index contributed by atoms with van der Waals surface area (Å²) in [5, 5.41) is 12.2. The van der Waals surface area contributed by atoms with E-state index in [1.165, 1.54) is 6.20 Å². The molecule has 0 fully saturated rings. The smallest absolute Gasteiger partial charge is 0.271 e. The zero-order valence-electron chi connectivity index (χ0n) is 16.8. The van der Waals surface area contributed by atoms with Crippen LogP contribution in [0, 0.1) is 0 Å². The van der Waals surface area contributed by atoms with Gasteiger partial charge < -0.3 is 10.6 Å². The highest BCUT2D eigenvalue weighted by Gasteiger charge is 2.16. The Morgan fingerprint density at radius 1 is 0.774 bits per heavy atom.